The van der Waals surface area contributed by atoms with E-state index >= 15 is 0 Å². The molecule has 1 rings (SSSR count). The Labute approximate surface area is 142 Å². The molecule has 0 radical (unpaired) electrons. The van der Waals surface area contributed by atoms with Gasteiger partial charge in [0.25, 0.3) is 0 Å². The van der Waals surface area contributed by atoms with Crippen molar-refractivity contribution in [3.05, 3.63) is 0 Å². The normalized spacial score (nSPS) is 18.0. The van der Waals surface area contributed by atoms with E-state index in [1.165, 1.54) is 25.7 Å². The van der Waals surface area contributed by atoms with Crippen molar-refractivity contribution in [2.24, 2.45) is 0 Å². The van der Waals surface area contributed by atoms with Crippen molar-refractivity contribution in [3.8, 4) is 0 Å². The van der Waals surface area contributed by atoms with Gasteiger partial charge in [0.15, 0.2) is 0 Å². The predicted molar refractivity (Wildman–Crippen MR) is 95.9 cm³/mol. The Kier molecular flexibility index (Phi) is 8.92. The van der Waals surface area contributed by atoms with E-state index in [9.17, 15) is 4.79 Å². The quantitative estimate of drug-likeness (QED) is 0.744. The van der Waals surface area contributed by atoms with Gasteiger partial charge in [0, 0.05) is 45.3 Å². The van der Waals surface area contributed by atoms with Crippen LogP contribution in [0.15, 0.2) is 0 Å². The van der Waals surface area contributed by atoms with Crippen molar-refractivity contribution in [2.45, 2.75) is 71.9 Å². The molecular formula is C18H37N3O2. The van der Waals surface area contributed by atoms with E-state index in [1.54, 1.807) is 0 Å². The molecule has 0 aromatic rings. The van der Waals surface area contributed by atoms with Crippen LogP contribution in [-0.4, -0.2) is 66.8 Å². The second-order valence-electron chi connectivity index (χ2n) is 7.51. The molecule has 0 spiro atoms. The lowest BCUT2D eigenvalue weighted by Gasteiger charge is -2.35. The molecule has 1 aliphatic rings. The molecule has 1 atom stereocenters. The molecule has 5 heteroatoms. The fraction of sp³-hybridized carbons (Fsp3) is 0.944. The van der Waals surface area contributed by atoms with Gasteiger partial charge in [-0.05, 0) is 33.6 Å². The molecule has 5 nitrogen and oxygen atoms in total. The molecule has 0 saturated carbocycles. The van der Waals surface area contributed by atoms with Gasteiger partial charge < -0.3 is 15.0 Å². The van der Waals surface area contributed by atoms with Gasteiger partial charge in [0.2, 0.25) is 0 Å². The Balaban J connectivity index is 2.20. The molecule has 1 heterocycles. The zero-order valence-corrected chi connectivity index (χ0v) is 15.9. The van der Waals surface area contributed by atoms with Crippen molar-refractivity contribution in [1.82, 2.24) is 15.1 Å². The summed E-state index contributed by atoms with van der Waals surface area (Å²) in [7, 11) is 0. The maximum atomic E-state index is 12.0. The summed E-state index contributed by atoms with van der Waals surface area (Å²) in [6, 6.07) is 0.651. The standard InChI is InChI=1S/C18H37N3O2/c1-6-8-9-16(7-2)19-10-11-20-12-14-21(15-13-20)17(22)23-18(3,4)5/h16,19H,6-15H2,1-5H3. The summed E-state index contributed by atoms with van der Waals surface area (Å²) >= 11 is 0. The first kappa shape index (κ1) is 20.2. The average Bonchev–Trinajstić information content (AvgIpc) is 2.49. The second-order valence-corrected chi connectivity index (χ2v) is 7.51. The zero-order valence-electron chi connectivity index (χ0n) is 15.9. The van der Waals surface area contributed by atoms with Crippen LogP contribution in [0.2, 0.25) is 0 Å². The van der Waals surface area contributed by atoms with Crippen LogP contribution >= 0.6 is 0 Å². The third-order valence-corrected chi connectivity index (χ3v) is 4.28. The number of nitrogens with zero attached hydrogens (tertiary/aromatic N) is 2. The summed E-state index contributed by atoms with van der Waals surface area (Å²) in [5, 5.41) is 3.67. The molecule has 0 bridgehead atoms. The van der Waals surface area contributed by atoms with Crippen molar-refractivity contribution in [3.63, 3.8) is 0 Å². The van der Waals surface area contributed by atoms with Gasteiger partial charge in [-0.25, -0.2) is 4.79 Å². The van der Waals surface area contributed by atoms with Gasteiger partial charge in [0.1, 0.15) is 5.60 Å². The summed E-state index contributed by atoms with van der Waals surface area (Å²) < 4.78 is 5.43. The molecule has 0 aromatic carbocycles. The predicted octanol–water partition coefficient (Wildman–Crippen LogP) is 3.10. The number of rotatable bonds is 8. The van der Waals surface area contributed by atoms with E-state index in [2.05, 4.69) is 24.1 Å². The molecule has 136 valence electrons. The van der Waals surface area contributed by atoms with Gasteiger partial charge in [-0.3, -0.25) is 4.90 Å². The highest BCUT2D eigenvalue weighted by Gasteiger charge is 2.25. The number of unbranched alkanes of at least 4 members (excludes halogenated alkanes) is 1. The van der Waals surface area contributed by atoms with E-state index in [0.717, 1.165) is 39.3 Å². The maximum Gasteiger partial charge on any atom is 0.410 e. The van der Waals surface area contributed by atoms with Crippen LogP contribution in [-0.2, 0) is 4.74 Å². The highest BCUT2D eigenvalue weighted by Crippen LogP contribution is 2.11. The van der Waals surface area contributed by atoms with Crippen molar-refractivity contribution >= 4 is 6.09 Å². The van der Waals surface area contributed by atoms with E-state index in [-0.39, 0.29) is 6.09 Å². The maximum absolute atomic E-state index is 12.0. The summed E-state index contributed by atoms with van der Waals surface area (Å²) in [5.41, 5.74) is -0.411. The lowest BCUT2D eigenvalue weighted by molar-refractivity contribution is 0.0146. The molecule has 1 fully saturated rings. The van der Waals surface area contributed by atoms with E-state index in [4.69, 9.17) is 4.74 Å². The zero-order chi connectivity index (χ0) is 17.3. The van der Waals surface area contributed by atoms with Gasteiger partial charge in [-0.1, -0.05) is 26.7 Å². The van der Waals surface area contributed by atoms with Crippen LogP contribution < -0.4 is 5.32 Å². The first-order valence-corrected chi connectivity index (χ1v) is 9.29. The number of ether oxygens (including phenoxy) is 1. The molecule has 1 saturated heterocycles. The molecule has 1 unspecified atom stereocenters. The molecule has 1 aliphatic heterocycles. The molecule has 0 aromatic heterocycles. The fourth-order valence-corrected chi connectivity index (χ4v) is 2.81. The Morgan fingerprint density at radius 1 is 1.17 bits per heavy atom. The number of hydrogen-bond acceptors (Lipinski definition) is 4. The van der Waals surface area contributed by atoms with Crippen molar-refractivity contribution in [2.75, 3.05) is 39.3 Å². The smallest absolute Gasteiger partial charge is 0.410 e. The number of carbonyl (C=O) groups excluding carboxylic acids is 1. The summed E-state index contributed by atoms with van der Waals surface area (Å²) in [4.78, 5) is 16.3. The number of nitrogens with one attached hydrogen (secondary N) is 1. The first-order valence-electron chi connectivity index (χ1n) is 9.29. The number of piperazine rings is 1. The number of carbonyl (C=O) groups is 1. The molecule has 1 amide bonds. The first-order chi connectivity index (χ1) is 10.9. The fourth-order valence-electron chi connectivity index (χ4n) is 2.81. The lowest BCUT2D eigenvalue weighted by atomic mass is 10.1. The monoisotopic (exact) mass is 327 g/mol. The third kappa shape index (κ3) is 8.56. The molecule has 1 N–H and O–H groups in total. The summed E-state index contributed by atoms with van der Waals surface area (Å²) in [6.45, 7) is 15.7. The number of amides is 1. The lowest BCUT2D eigenvalue weighted by Crippen LogP contribution is -2.51. The van der Waals surface area contributed by atoms with Crippen molar-refractivity contribution in [1.29, 1.82) is 0 Å². The second kappa shape index (κ2) is 10.1. The van der Waals surface area contributed by atoms with Gasteiger partial charge >= 0.3 is 6.09 Å². The van der Waals surface area contributed by atoms with Gasteiger partial charge in [-0.15, -0.1) is 0 Å². The Bertz CT molecular complexity index is 334. The van der Waals surface area contributed by atoms with Gasteiger partial charge in [0.05, 0.1) is 0 Å². The van der Waals surface area contributed by atoms with Crippen LogP contribution in [0.1, 0.15) is 60.3 Å². The van der Waals surface area contributed by atoms with Crippen LogP contribution in [0.3, 0.4) is 0 Å². The van der Waals surface area contributed by atoms with Crippen molar-refractivity contribution < 1.29 is 9.53 Å². The summed E-state index contributed by atoms with van der Waals surface area (Å²) in [5.74, 6) is 0. The average molecular weight is 328 g/mol. The van der Waals surface area contributed by atoms with E-state index < -0.39 is 5.60 Å². The summed E-state index contributed by atoms with van der Waals surface area (Å²) in [6.07, 6.45) is 4.87. The Hall–Kier alpha value is -0.810. The van der Waals surface area contributed by atoms with E-state index in [0.29, 0.717) is 6.04 Å². The molecule has 23 heavy (non-hydrogen) atoms. The number of hydrogen-bond donors (Lipinski definition) is 1. The van der Waals surface area contributed by atoms with Gasteiger partial charge in [-0.2, -0.15) is 0 Å². The largest absolute Gasteiger partial charge is 0.444 e. The minimum Gasteiger partial charge on any atom is -0.444 e. The Morgan fingerprint density at radius 2 is 1.83 bits per heavy atom. The third-order valence-electron chi connectivity index (χ3n) is 4.28. The Morgan fingerprint density at radius 3 is 2.35 bits per heavy atom. The highest BCUT2D eigenvalue weighted by atomic mass is 16.6. The minimum atomic E-state index is -0.411. The minimum absolute atomic E-state index is 0.180. The van der Waals surface area contributed by atoms with E-state index in [1.807, 2.05) is 25.7 Å². The van der Waals surface area contributed by atoms with Crippen LogP contribution in [0, 0.1) is 0 Å². The van der Waals surface area contributed by atoms with Crippen LogP contribution in [0.4, 0.5) is 4.79 Å². The highest BCUT2D eigenvalue weighted by molar-refractivity contribution is 5.68. The molecular weight excluding hydrogens is 290 g/mol. The molecule has 0 aliphatic carbocycles. The SMILES string of the molecule is CCCCC(CC)NCCN1CCN(C(=O)OC(C)(C)C)CC1. The van der Waals surface area contributed by atoms with Crippen LogP contribution in [0.25, 0.3) is 0 Å². The topological polar surface area (TPSA) is 44.8 Å². The van der Waals surface area contributed by atoms with Crippen LogP contribution in [0.5, 0.6) is 0 Å².